The summed E-state index contributed by atoms with van der Waals surface area (Å²) in [6, 6.07) is 0. The summed E-state index contributed by atoms with van der Waals surface area (Å²) in [6.07, 6.45) is 0. The monoisotopic (exact) mass is 351 g/mol. The molecule has 0 aromatic carbocycles. The third kappa shape index (κ3) is 33.2. The largest absolute Gasteiger partial charge is 2.00 e. The van der Waals surface area contributed by atoms with Crippen molar-refractivity contribution in [3.8, 4) is 0 Å². The Kier molecular flexibility index (Phi) is 35.3. The first-order chi connectivity index (χ1) is 9.83. The first kappa shape index (κ1) is 26.1. The maximum absolute atomic E-state index is 8.30. The minimum atomic E-state index is 0. The molecule has 21 heavy (non-hydrogen) atoms. The van der Waals surface area contributed by atoms with Crippen LogP contribution in [-0.4, -0.2) is 99.2 Å². The van der Waals surface area contributed by atoms with Crippen molar-refractivity contribution >= 4 is 0 Å². The molecule has 0 amide bonds. The van der Waals surface area contributed by atoms with Gasteiger partial charge < -0.3 is 41.7 Å². The molecule has 1 radical (unpaired) electrons. The number of nitrogens with zero attached hydrogens (tertiary/aromatic N) is 4. The second-order valence-electron chi connectivity index (χ2n) is 3.58. The fourth-order valence-corrected chi connectivity index (χ4v) is 1.01. The molecule has 0 rings (SSSR count). The fourth-order valence-electron chi connectivity index (χ4n) is 1.01. The summed E-state index contributed by atoms with van der Waals surface area (Å²) in [6.45, 7) is 5.04. The maximum atomic E-state index is 8.30. The van der Waals surface area contributed by atoms with Gasteiger partial charge in [-0.05, 0) is 0 Å². The molecule has 0 atom stereocenters. The Bertz CT molecular complexity index is 129. The van der Waals surface area contributed by atoms with Crippen molar-refractivity contribution in [3.05, 3.63) is 21.3 Å². The van der Waals surface area contributed by atoms with Crippen molar-refractivity contribution in [2.45, 2.75) is 0 Å². The molecular formula is C12H28CoN4O4-2. The van der Waals surface area contributed by atoms with E-state index in [1.807, 2.05) is 0 Å². The van der Waals surface area contributed by atoms with Crippen LogP contribution in [-0.2, 0) is 16.8 Å². The van der Waals surface area contributed by atoms with Crippen LogP contribution in [0.3, 0.4) is 0 Å². The minimum Gasteiger partial charge on any atom is -0.662 e. The number of hydrogen-bond acceptors (Lipinski definition) is 4. The molecule has 0 aliphatic rings. The molecule has 0 aromatic heterocycles. The summed E-state index contributed by atoms with van der Waals surface area (Å²) in [5.74, 6) is 0. The Hall–Kier alpha value is 0.186. The van der Waals surface area contributed by atoms with Gasteiger partial charge in [0.1, 0.15) is 0 Å². The van der Waals surface area contributed by atoms with Crippen molar-refractivity contribution in [1.29, 1.82) is 0 Å². The molecule has 0 spiro atoms. The summed E-state index contributed by atoms with van der Waals surface area (Å²) < 4.78 is 0. The zero-order chi connectivity index (χ0) is 15.3. The average molecular weight is 351 g/mol. The number of rotatable bonds is 14. The van der Waals surface area contributed by atoms with Crippen LogP contribution in [0.4, 0.5) is 0 Å². The fraction of sp³-hybridized carbons (Fsp3) is 1.00. The van der Waals surface area contributed by atoms with E-state index >= 15 is 0 Å². The first-order valence-electron chi connectivity index (χ1n) is 6.79. The van der Waals surface area contributed by atoms with E-state index in [0.717, 1.165) is 0 Å². The van der Waals surface area contributed by atoms with E-state index in [2.05, 4.69) is 21.3 Å². The molecule has 0 bridgehead atoms. The Morgan fingerprint density at radius 3 is 0.714 bits per heavy atom. The Morgan fingerprint density at radius 1 is 0.381 bits per heavy atom. The number of aliphatic hydroxyl groups is 4. The van der Waals surface area contributed by atoms with E-state index in [0.29, 0.717) is 52.4 Å². The van der Waals surface area contributed by atoms with Crippen LogP contribution in [0.1, 0.15) is 0 Å². The summed E-state index contributed by atoms with van der Waals surface area (Å²) in [7, 11) is 0. The van der Waals surface area contributed by atoms with Crippen LogP contribution in [0, 0.1) is 0 Å². The van der Waals surface area contributed by atoms with E-state index in [1.165, 1.54) is 0 Å². The predicted molar refractivity (Wildman–Crippen MR) is 80.7 cm³/mol. The van der Waals surface area contributed by atoms with Gasteiger partial charge in [-0.3, -0.25) is 0 Å². The van der Waals surface area contributed by atoms with Crippen molar-refractivity contribution in [1.82, 2.24) is 0 Å². The van der Waals surface area contributed by atoms with E-state index < -0.39 is 0 Å². The predicted octanol–water partition coefficient (Wildman–Crippen LogP) is -0.566. The second-order valence-corrected chi connectivity index (χ2v) is 3.58. The molecule has 131 valence electrons. The maximum Gasteiger partial charge on any atom is 2.00 e. The van der Waals surface area contributed by atoms with Gasteiger partial charge in [0.2, 0.25) is 0 Å². The van der Waals surface area contributed by atoms with Crippen LogP contribution in [0.25, 0.3) is 21.3 Å². The van der Waals surface area contributed by atoms with Gasteiger partial charge in [0.05, 0.1) is 0 Å². The van der Waals surface area contributed by atoms with E-state index in [9.17, 15) is 0 Å². The molecule has 0 aromatic rings. The number of hydrogen-bond donors (Lipinski definition) is 4. The Balaban J connectivity index is -0.000000295. The third-order valence-corrected chi connectivity index (χ3v) is 1.86. The Morgan fingerprint density at radius 2 is 0.571 bits per heavy atom. The summed E-state index contributed by atoms with van der Waals surface area (Å²) in [5.41, 5.74) is 0. The summed E-state index contributed by atoms with van der Waals surface area (Å²) >= 11 is 0. The molecule has 4 N–H and O–H groups in total. The van der Waals surface area contributed by atoms with E-state index in [-0.39, 0.29) is 43.2 Å². The average Bonchev–Trinajstić information content (AvgIpc) is 2.47. The summed E-state index contributed by atoms with van der Waals surface area (Å²) in [4.78, 5) is 0. The van der Waals surface area contributed by atoms with Crippen molar-refractivity contribution in [3.63, 3.8) is 0 Å². The SMILES string of the molecule is OCC[N-]CC[N-]CCO.OCC[N-]CC[N-]CCO.[Co+2]. The third-order valence-electron chi connectivity index (χ3n) is 1.86. The second kappa shape index (κ2) is 28.4. The quantitative estimate of drug-likeness (QED) is 0.312. The van der Waals surface area contributed by atoms with Crippen molar-refractivity contribution in [2.75, 3.05) is 78.8 Å². The molecule has 8 nitrogen and oxygen atoms in total. The van der Waals surface area contributed by atoms with Gasteiger partial charge in [-0.1, -0.05) is 0 Å². The van der Waals surface area contributed by atoms with Gasteiger partial charge in [-0.25, -0.2) is 0 Å². The molecule has 0 saturated heterocycles. The molecule has 9 heteroatoms. The Labute approximate surface area is 137 Å². The van der Waals surface area contributed by atoms with Gasteiger partial charge >= 0.3 is 16.8 Å². The van der Waals surface area contributed by atoms with Crippen LogP contribution in [0.2, 0.25) is 0 Å². The van der Waals surface area contributed by atoms with Crippen LogP contribution >= 0.6 is 0 Å². The normalized spacial score (nSPS) is 9.71. The van der Waals surface area contributed by atoms with E-state index in [4.69, 9.17) is 20.4 Å². The smallest absolute Gasteiger partial charge is 0.662 e. The molecule has 0 unspecified atom stereocenters. The molecule has 0 fully saturated rings. The molecule has 0 aliphatic carbocycles. The topological polar surface area (TPSA) is 137 Å². The standard InChI is InChI=1S/2C6H14N2O2.Co/c2*9-5-3-7-1-2-8-4-6-10;/h2*9-10H,1-6H2;/q2*-2;+2. The summed E-state index contributed by atoms with van der Waals surface area (Å²) in [5, 5.41) is 49.0. The van der Waals surface area contributed by atoms with E-state index in [1.54, 1.807) is 0 Å². The van der Waals surface area contributed by atoms with Gasteiger partial charge in [0.15, 0.2) is 0 Å². The zero-order valence-electron chi connectivity index (χ0n) is 12.4. The molecule has 0 aliphatic heterocycles. The zero-order valence-corrected chi connectivity index (χ0v) is 13.4. The first-order valence-corrected chi connectivity index (χ1v) is 6.79. The minimum absolute atomic E-state index is 0. The molecule has 0 saturated carbocycles. The van der Waals surface area contributed by atoms with Crippen LogP contribution in [0.5, 0.6) is 0 Å². The van der Waals surface area contributed by atoms with Gasteiger partial charge in [0, 0.05) is 26.4 Å². The van der Waals surface area contributed by atoms with Crippen LogP contribution in [0.15, 0.2) is 0 Å². The molecular weight excluding hydrogens is 323 g/mol. The number of aliphatic hydroxyl groups excluding tert-OH is 4. The van der Waals surface area contributed by atoms with Gasteiger partial charge in [-0.2, -0.15) is 26.2 Å². The van der Waals surface area contributed by atoms with Crippen LogP contribution < -0.4 is 0 Å². The van der Waals surface area contributed by atoms with Crippen molar-refractivity contribution < 1.29 is 37.2 Å². The van der Waals surface area contributed by atoms with Gasteiger partial charge in [-0.15, -0.1) is 26.2 Å². The molecule has 0 heterocycles. The van der Waals surface area contributed by atoms with Gasteiger partial charge in [0.25, 0.3) is 0 Å². The van der Waals surface area contributed by atoms with Crippen molar-refractivity contribution in [2.24, 2.45) is 0 Å².